The fraction of sp³-hybridized carbons (Fsp3) is 0.636. The highest BCUT2D eigenvalue weighted by Crippen LogP contribution is 2.39. The summed E-state index contributed by atoms with van der Waals surface area (Å²) >= 11 is 3.85. The molecule has 1 aromatic carbocycles. The molecule has 0 radical (unpaired) electrons. The summed E-state index contributed by atoms with van der Waals surface area (Å²) < 4.78 is 24.4. The Kier molecular flexibility index (Phi) is 7.14. The smallest absolute Gasteiger partial charge is 0.164 e. The molecule has 4 nitrogen and oxygen atoms in total. The monoisotopic (exact) mass is 438 g/mol. The van der Waals surface area contributed by atoms with Gasteiger partial charge in [-0.15, -0.1) is 6.58 Å². The van der Waals surface area contributed by atoms with Crippen LogP contribution in [0, 0.1) is 5.92 Å². The van der Waals surface area contributed by atoms with E-state index in [0.29, 0.717) is 24.0 Å². The van der Waals surface area contributed by atoms with Crippen LogP contribution in [0.15, 0.2) is 43.0 Å². The average molecular weight is 439 g/mol. The van der Waals surface area contributed by atoms with E-state index in [9.17, 15) is 0 Å². The van der Waals surface area contributed by atoms with Crippen molar-refractivity contribution in [2.75, 3.05) is 6.61 Å². The van der Waals surface area contributed by atoms with Gasteiger partial charge in [-0.1, -0.05) is 59.3 Å². The third kappa shape index (κ3) is 5.42. The van der Waals surface area contributed by atoms with Crippen LogP contribution in [0.25, 0.3) is 0 Å². The molecule has 5 heteroatoms. The second-order valence-corrected chi connectivity index (χ2v) is 9.13. The van der Waals surface area contributed by atoms with Crippen LogP contribution in [0.1, 0.15) is 39.2 Å². The highest BCUT2D eigenvalue weighted by molar-refractivity contribution is 9.09. The third-order valence-electron chi connectivity index (χ3n) is 5.38. The lowest BCUT2D eigenvalue weighted by atomic mass is 9.89. The SMILES string of the molecule is C=C[C@@H]1OC(C)(C)O[C@@H]1[C@H]1C[C@@H](Br)[C@@H](C)[C@@H](CCOCc2ccccc2)O1. The average Bonchev–Trinajstić information content (AvgIpc) is 2.97. The van der Waals surface area contributed by atoms with Gasteiger partial charge in [0.2, 0.25) is 0 Å². The zero-order chi connectivity index (χ0) is 19.4. The first-order valence-electron chi connectivity index (χ1n) is 9.79. The van der Waals surface area contributed by atoms with E-state index < -0.39 is 5.79 Å². The molecule has 1 aromatic rings. The van der Waals surface area contributed by atoms with Crippen LogP contribution in [-0.2, 0) is 25.6 Å². The summed E-state index contributed by atoms with van der Waals surface area (Å²) in [5, 5.41) is 0. The molecule has 0 amide bonds. The van der Waals surface area contributed by atoms with Crippen molar-refractivity contribution < 1.29 is 18.9 Å². The molecule has 0 N–H and O–H groups in total. The van der Waals surface area contributed by atoms with Crippen molar-refractivity contribution in [3.63, 3.8) is 0 Å². The zero-order valence-electron chi connectivity index (χ0n) is 16.5. The molecule has 0 saturated carbocycles. The number of alkyl halides is 1. The van der Waals surface area contributed by atoms with Crippen LogP contribution in [0.4, 0.5) is 0 Å². The highest BCUT2D eigenvalue weighted by atomic mass is 79.9. The van der Waals surface area contributed by atoms with Crippen LogP contribution in [0.5, 0.6) is 0 Å². The number of ether oxygens (including phenoxy) is 4. The fourth-order valence-electron chi connectivity index (χ4n) is 3.87. The van der Waals surface area contributed by atoms with E-state index >= 15 is 0 Å². The maximum Gasteiger partial charge on any atom is 0.164 e. The van der Waals surface area contributed by atoms with Crippen molar-refractivity contribution in [2.45, 2.75) is 75.2 Å². The Labute approximate surface area is 171 Å². The Morgan fingerprint density at radius 2 is 2.00 bits per heavy atom. The first-order chi connectivity index (χ1) is 12.9. The number of halogens is 1. The molecule has 3 rings (SSSR count). The van der Waals surface area contributed by atoms with Crippen LogP contribution in [0.2, 0.25) is 0 Å². The summed E-state index contributed by atoms with van der Waals surface area (Å²) in [6.45, 7) is 11.3. The molecule has 6 atom stereocenters. The molecule has 0 unspecified atom stereocenters. The summed E-state index contributed by atoms with van der Waals surface area (Å²) in [4.78, 5) is 0.383. The predicted octanol–water partition coefficient (Wildman–Crippen LogP) is 4.86. The summed E-state index contributed by atoms with van der Waals surface area (Å²) in [7, 11) is 0. The molecule has 0 aliphatic carbocycles. The van der Waals surface area contributed by atoms with Gasteiger partial charge in [0.15, 0.2) is 5.79 Å². The van der Waals surface area contributed by atoms with Crippen molar-refractivity contribution >= 4 is 15.9 Å². The van der Waals surface area contributed by atoms with Crippen molar-refractivity contribution in [1.29, 1.82) is 0 Å². The number of hydrogen-bond acceptors (Lipinski definition) is 4. The van der Waals surface area contributed by atoms with Crippen molar-refractivity contribution in [1.82, 2.24) is 0 Å². The molecule has 2 aliphatic rings. The topological polar surface area (TPSA) is 36.9 Å². The Balaban J connectivity index is 1.54. The first-order valence-corrected chi connectivity index (χ1v) is 10.7. The quantitative estimate of drug-likeness (QED) is 0.346. The Morgan fingerprint density at radius 1 is 1.26 bits per heavy atom. The van der Waals surface area contributed by atoms with E-state index in [1.165, 1.54) is 5.56 Å². The highest BCUT2D eigenvalue weighted by Gasteiger charge is 2.48. The van der Waals surface area contributed by atoms with Gasteiger partial charge in [0.1, 0.15) is 12.2 Å². The van der Waals surface area contributed by atoms with E-state index in [2.05, 4.69) is 41.6 Å². The minimum absolute atomic E-state index is 0.0190. The fourth-order valence-corrected chi connectivity index (χ4v) is 4.58. The van der Waals surface area contributed by atoms with Crippen LogP contribution < -0.4 is 0 Å². The maximum atomic E-state index is 6.47. The van der Waals surface area contributed by atoms with Gasteiger partial charge in [0, 0.05) is 11.4 Å². The van der Waals surface area contributed by atoms with E-state index in [1.54, 1.807) is 0 Å². The molecule has 0 spiro atoms. The Hall–Kier alpha value is -0.720. The van der Waals surface area contributed by atoms with Gasteiger partial charge < -0.3 is 18.9 Å². The standard InChI is InChI=1S/C22H31BrO4/c1-5-18-21(27-22(3,4)26-18)20-13-17(23)15(2)19(25-20)11-12-24-14-16-9-7-6-8-10-16/h5-10,15,17-21H,1,11-14H2,2-4H3/t15-,17-,18+,19-,20-,21+/m1/s1. The van der Waals surface area contributed by atoms with Gasteiger partial charge in [-0.25, -0.2) is 0 Å². The summed E-state index contributed by atoms with van der Waals surface area (Å²) in [5.74, 6) is -0.189. The molecule has 2 fully saturated rings. The molecular formula is C22H31BrO4. The second kappa shape index (κ2) is 9.19. The number of benzene rings is 1. The van der Waals surface area contributed by atoms with Gasteiger partial charge >= 0.3 is 0 Å². The lowest BCUT2D eigenvalue weighted by molar-refractivity contribution is -0.177. The lowest BCUT2D eigenvalue weighted by Gasteiger charge is -2.41. The van der Waals surface area contributed by atoms with E-state index in [0.717, 1.165) is 12.8 Å². The molecule has 2 saturated heterocycles. The van der Waals surface area contributed by atoms with Crippen LogP contribution in [-0.4, -0.2) is 41.6 Å². The first kappa shape index (κ1) is 21.0. The largest absolute Gasteiger partial charge is 0.377 e. The van der Waals surface area contributed by atoms with E-state index in [-0.39, 0.29) is 24.4 Å². The van der Waals surface area contributed by atoms with Gasteiger partial charge in [0.25, 0.3) is 0 Å². The van der Waals surface area contributed by atoms with Crippen LogP contribution >= 0.6 is 15.9 Å². The van der Waals surface area contributed by atoms with E-state index in [1.807, 2.05) is 38.1 Å². The van der Waals surface area contributed by atoms with E-state index in [4.69, 9.17) is 18.9 Å². The third-order valence-corrected chi connectivity index (χ3v) is 6.59. The van der Waals surface area contributed by atoms with Crippen molar-refractivity contribution in [2.24, 2.45) is 5.92 Å². The molecule has 0 aromatic heterocycles. The number of rotatable bonds is 7. The molecule has 27 heavy (non-hydrogen) atoms. The molecule has 2 heterocycles. The zero-order valence-corrected chi connectivity index (χ0v) is 18.1. The van der Waals surface area contributed by atoms with Gasteiger partial charge in [-0.05, 0) is 38.2 Å². The number of hydrogen-bond donors (Lipinski definition) is 0. The predicted molar refractivity (Wildman–Crippen MR) is 110 cm³/mol. The normalized spacial score (nSPS) is 35.9. The maximum absolute atomic E-state index is 6.47. The molecule has 2 aliphatic heterocycles. The Bertz CT molecular complexity index is 606. The molecule has 150 valence electrons. The van der Waals surface area contributed by atoms with Gasteiger partial charge in [0.05, 0.1) is 18.8 Å². The molecular weight excluding hydrogens is 408 g/mol. The second-order valence-electron chi connectivity index (χ2n) is 7.95. The summed E-state index contributed by atoms with van der Waals surface area (Å²) in [6.07, 6.45) is 3.42. The minimum atomic E-state index is -0.605. The summed E-state index contributed by atoms with van der Waals surface area (Å²) in [5.41, 5.74) is 1.19. The van der Waals surface area contributed by atoms with Crippen molar-refractivity contribution in [3.8, 4) is 0 Å². The Morgan fingerprint density at radius 3 is 2.70 bits per heavy atom. The van der Waals surface area contributed by atoms with Crippen molar-refractivity contribution in [3.05, 3.63) is 48.6 Å². The summed E-state index contributed by atoms with van der Waals surface area (Å²) in [6, 6.07) is 10.3. The van der Waals surface area contributed by atoms with Crippen LogP contribution in [0.3, 0.4) is 0 Å². The molecule has 0 bridgehead atoms. The van der Waals surface area contributed by atoms with Gasteiger partial charge in [-0.2, -0.15) is 0 Å². The minimum Gasteiger partial charge on any atom is -0.377 e. The van der Waals surface area contributed by atoms with Gasteiger partial charge in [-0.3, -0.25) is 0 Å². The lowest BCUT2D eigenvalue weighted by Crippen LogP contribution is -2.48.